The van der Waals surface area contributed by atoms with Crippen LogP contribution in [0.2, 0.25) is 0 Å². The fraction of sp³-hybridized carbons (Fsp3) is 0.611. The van der Waals surface area contributed by atoms with Crippen molar-refractivity contribution in [2.24, 2.45) is 5.41 Å². The van der Waals surface area contributed by atoms with Crippen LogP contribution in [0.5, 0.6) is 5.75 Å². The first-order chi connectivity index (χ1) is 11.5. The summed E-state index contributed by atoms with van der Waals surface area (Å²) in [5.41, 5.74) is 14.0. The van der Waals surface area contributed by atoms with Crippen molar-refractivity contribution in [1.82, 2.24) is 0 Å². The molecule has 142 valence electrons. The summed E-state index contributed by atoms with van der Waals surface area (Å²) in [6.07, 6.45) is 0.846. The maximum absolute atomic E-state index is 6.75. The zero-order valence-electron chi connectivity index (χ0n) is 16.5. The van der Waals surface area contributed by atoms with E-state index in [1.807, 2.05) is 24.3 Å². The van der Waals surface area contributed by atoms with Gasteiger partial charge in [0.25, 0.3) is 0 Å². The number of ether oxygens (including phenoxy) is 1. The van der Waals surface area contributed by atoms with Crippen molar-refractivity contribution in [3.63, 3.8) is 0 Å². The van der Waals surface area contributed by atoms with Crippen LogP contribution in [0.1, 0.15) is 48.0 Å². The third-order valence-corrected chi connectivity index (χ3v) is 4.71. The van der Waals surface area contributed by atoms with Gasteiger partial charge in [0.15, 0.2) is 0 Å². The van der Waals surface area contributed by atoms with Crippen molar-refractivity contribution < 1.29 is 35.1 Å². The Labute approximate surface area is 171 Å². The topological polar surface area (TPSA) is 86.4 Å². The van der Waals surface area contributed by atoms with Crippen LogP contribution in [0.4, 0.5) is 0 Å². The van der Waals surface area contributed by atoms with Gasteiger partial charge in [0.1, 0.15) is 5.75 Å². The van der Waals surface area contributed by atoms with E-state index in [1.54, 1.807) is 0 Å². The summed E-state index contributed by atoms with van der Waals surface area (Å²) in [4.78, 5) is 1.50. The minimum atomic E-state index is -0.324. The second-order valence-corrected chi connectivity index (χ2v) is 7.95. The predicted molar refractivity (Wildman–Crippen MR) is 101 cm³/mol. The van der Waals surface area contributed by atoms with Gasteiger partial charge in [-0.15, -0.1) is 0 Å². The van der Waals surface area contributed by atoms with Crippen molar-refractivity contribution in [3.8, 4) is 5.75 Å². The quantitative estimate of drug-likeness (QED) is 0.186. The molecule has 0 saturated carbocycles. The van der Waals surface area contributed by atoms with Crippen LogP contribution >= 0.6 is 0 Å². The fourth-order valence-corrected chi connectivity index (χ4v) is 2.05. The molecule has 6 nitrogen and oxygen atoms in total. The van der Waals surface area contributed by atoms with Gasteiger partial charge in [-0.05, 0) is 50.7 Å². The molecule has 0 N–H and O–H groups in total. The van der Waals surface area contributed by atoms with Crippen LogP contribution < -0.4 is 10.2 Å². The van der Waals surface area contributed by atoms with Crippen molar-refractivity contribution in [3.05, 3.63) is 47.2 Å². The molecule has 2 rings (SSSR count). The molecule has 0 aromatic heterocycles. The summed E-state index contributed by atoms with van der Waals surface area (Å²) in [5, 5.41) is 0. The summed E-state index contributed by atoms with van der Waals surface area (Å²) in [6.45, 7) is 17.2. The van der Waals surface area contributed by atoms with E-state index in [2.05, 4.69) is 48.5 Å². The molecule has 0 spiro atoms. The van der Waals surface area contributed by atoms with Crippen LogP contribution in [-0.4, -0.2) is 24.9 Å². The average Bonchev–Trinajstić information content (AvgIpc) is 2.75. The standard InChI is InChI=1S/C18H28BO3.N3.W/c1-8-16(2,3)13-20-15-11-9-14(10-12-15)19-21-17(4,5)18(6,7)22-19;1-3-2;/h9-12H,1,8,13H2,2-7H3;;/q2*-1;+2. The fourth-order valence-electron chi connectivity index (χ4n) is 2.05. The maximum atomic E-state index is 6.75. The molecule has 8 heteroatoms. The molecule has 1 saturated heterocycles. The monoisotopic (exact) mass is 529 g/mol. The van der Waals surface area contributed by atoms with E-state index in [0.29, 0.717) is 6.61 Å². The molecular formula is C18H28BN3O3W. The van der Waals surface area contributed by atoms with E-state index in [4.69, 9.17) is 25.1 Å². The predicted octanol–water partition coefficient (Wildman–Crippen LogP) is 4.48. The number of rotatable bonds is 5. The Morgan fingerprint density at radius 3 is 1.88 bits per heavy atom. The molecule has 1 aromatic rings. The van der Waals surface area contributed by atoms with Crippen LogP contribution in [0.25, 0.3) is 16.0 Å². The van der Waals surface area contributed by atoms with Gasteiger partial charge in [-0.2, -0.15) is 6.42 Å². The zero-order valence-corrected chi connectivity index (χ0v) is 19.4. The van der Waals surface area contributed by atoms with E-state index in [1.165, 1.54) is 4.91 Å². The molecule has 1 aliphatic rings. The Bertz CT molecular complexity index is 584. The molecule has 0 aliphatic carbocycles. The Morgan fingerprint density at radius 2 is 1.50 bits per heavy atom. The van der Waals surface area contributed by atoms with E-state index < -0.39 is 0 Å². The summed E-state index contributed by atoms with van der Waals surface area (Å²) >= 11 is 0. The molecule has 1 fully saturated rings. The summed E-state index contributed by atoms with van der Waals surface area (Å²) < 4.78 is 17.9. The molecule has 1 aromatic carbocycles. The number of benzene rings is 1. The normalized spacial score (nSPS) is 17.4. The molecule has 0 bridgehead atoms. The van der Waals surface area contributed by atoms with Gasteiger partial charge in [-0.1, -0.05) is 26.0 Å². The Morgan fingerprint density at radius 1 is 1.08 bits per heavy atom. The van der Waals surface area contributed by atoms with Crippen LogP contribution in [-0.2, 0) is 30.4 Å². The summed E-state index contributed by atoms with van der Waals surface area (Å²) in [6, 6.07) is 7.96. The molecule has 26 heavy (non-hydrogen) atoms. The molecule has 0 atom stereocenters. The summed E-state index contributed by atoms with van der Waals surface area (Å²) in [5.74, 6) is 0.863. The minimum Gasteiger partial charge on any atom is -0.493 e. The molecule has 0 amide bonds. The number of nitrogens with zero attached hydrogens (tertiary/aromatic N) is 3. The van der Waals surface area contributed by atoms with Gasteiger partial charge in [0, 0.05) is 0 Å². The van der Waals surface area contributed by atoms with Gasteiger partial charge in [-0.25, -0.2) is 0 Å². The SMILES string of the molecule is [CH2-]CC(C)(C)COc1ccc(B2OC(C)(C)C(C)(C)O2)cc1.[N-]=[N+]=[N-].[W+2]. The maximum Gasteiger partial charge on any atom is 2.00 e. The third-order valence-electron chi connectivity index (χ3n) is 4.71. The minimum absolute atomic E-state index is 0. The molecular weight excluding hydrogens is 501 g/mol. The van der Waals surface area contributed by atoms with Crippen molar-refractivity contribution in [2.45, 2.75) is 59.2 Å². The average molecular weight is 529 g/mol. The van der Waals surface area contributed by atoms with Gasteiger partial charge >= 0.3 is 28.2 Å². The Hall–Kier alpha value is -0.997. The number of hydrogen-bond donors (Lipinski definition) is 0. The first-order valence-corrected chi connectivity index (χ1v) is 8.34. The van der Waals surface area contributed by atoms with Gasteiger partial charge in [0.05, 0.1) is 17.8 Å². The third kappa shape index (κ3) is 6.62. The van der Waals surface area contributed by atoms with E-state index >= 15 is 0 Å². The van der Waals surface area contributed by atoms with Crippen molar-refractivity contribution in [2.75, 3.05) is 6.61 Å². The van der Waals surface area contributed by atoms with E-state index in [-0.39, 0.29) is 44.8 Å². The van der Waals surface area contributed by atoms with Crippen molar-refractivity contribution in [1.29, 1.82) is 0 Å². The Balaban J connectivity index is 0.00000146. The first-order valence-electron chi connectivity index (χ1n) is 8.34. The van der Waals surface area contributed by atoms with Gasteiger partial charge in [-0.3, -0.25) is 4.91 Å². The van der Waals surface area contributed by atoms with E-state index in [0.717, 1.165) is 17.6 Å². The first kappa shape index (κ1) is 25.0. The van der Waals surface area contributed by atoms with Gasteiger partial charge in [0.2, 0.25) is 0 Å². The number of hydrogen-bond acceptors (Lipinski definition) is 3. The molecule has 0 radical (unpaired) electrons. The largest absolute Gasteiger partial charge is 2.00 e. The second-order valence-electron chi connectivity index (χ2n) is 7.95. The van der Waals surface area contributed by atoms with Crippen LogP contribution in [0, 0.1) is 12.3 Å². The molecule has 1 aliphatic heterocycles. The molecule has 0 unspecified atom stereocenters. The van der Waals surface area contributed by atoms with Crippen LogP contribution in [0.3, 0.4) is 0 Å². The molecule has 1 heterocycles. The zero-order chi connectivity index (χ0) is 19.3. The smallest absolute Gasteiger partial charge is 0.493 e. The second kappa shape index (κ2) is 9.80. The Kier molecular flexibility index (Phi) is 9.42. The summed E-state index contributed by atoms with van der Waals surface area (Å²) in [7, 11) is -0.324. The van der Waals surface area contributed by atoms with Gasteiger partial charge < -0.3 is 32.0 Å². The van der Waals surface area contributed by atoms with E-state index in [9.17, 15) is 0 Å². The van der Waals surface area contributed by atoms with Crippen LogP contribution in [0.15, 0.2) is 24.3 Å². The van der Waals surface area contributed by atoms with Crippen molar-refractivity contribution >= 4 is 12.6 Å².